The van der Waals surface area contributed by atoms with Crippen LogP contribution < -0.4 is 15.1 Å². The molecule has 0 radical (unpaired) electrons. The van der Waals surface area contributed by atoms with Crippen LogP contribution in [0.15, 0.2) is 42.9 Å². The second kappa shape index (κ2) is 9.59. The zero-order valence-electron chi connectivity index (χ0n) is 21.6. The molecule has 3 saturated heterocycles. The molecule has 0 aliphatic carbocycles. The van der Waals surface area contributed by atoms with Crippen molar-refractivity contribution in [3.05, 3.63) is 48.4 Å². The number of hydrogen-bond donors (Lipinski definition) is 1. The van der Waals surface area contributed by atoms with Gasteiger partial charge in [0.1, 0.15) is 11.6 Å². The molecule has 1 amide bonds. The lowest BCUT2D eigenvalue weighted by Gasteiger charge is -2.34. The number of likely N-dealkylation sites (N-methyl/N-ethyl adjacent to an activating group) is 1. The van der Waals surface area contributed by atoms with Crippen LogP contribution in [-0.4, -0.2) is 94.0 Å². The molecule has 0 saturated carbocycles. The minimum atomic E-state index is 0.129. The number of aryl methyl sites for hydroxylation is 1. The van der Waals surface area contributed by atoms with Gasteiger partial charge in [-0.05, 0) is 50.2 Å². The van der Waals surface area contributed by atoms with E-state index in [2.05, 4.69) is 50.0 Å². The van der Waals surface area contributed by atoms with Crippen LogP contribution in [0.2, 0.25) is 0 Å². The number of anilines is 4. The number of aromatic nitrogens is 4. The third-order valence-corrected chi connectivity index (χ3v) is 7.84. The highest BCUT2D eigenvalue weighted by atomic mass is 16.2. The Morgan fingerprint density at radius 2 is 1.84 bits per heavy atom. The van der Waals surface area contributed by atoms with E-state index in [-0.39, 0.29) is 5.91 Å². The maximum atomic E-state index is 11.6. The van der Waals surface area contributed by atoms with Crippen molar-refractivity contribution in [2.75, 3.05) is 61.4 Å². The van der Waals surface area contributed by atoms with Crippen molar-refractivity contribution in [2.45, 2.75) is 32.4 Å². The highest BCUT2D eigenvalue weighted by Gasteiger charge is 2.42. The van der Waals surface area contributed by atoms with Gasteiger partial charge in [-0.3, -0.25) is 9.69 Å². The Labute approximate surface area is 217 Å². The second-order valence-electron chi connectivity index (χ2n) is 10.3. The first-order chi connectivity index (χ1) is 17.9. The Morgan fingerprint density at radius 1 is 1.00 bits per heavy atom. The lowest BCUT2D eigenvalue weighted by molar-refractivity contribution is -0.129. The SMILES string of the molecule is CC(=O)N1CCN(c2ccc(-c3ccnc(Nc4cnc(N5CC6CC5CN6C)c(C)c4)n3)cn2)CC1. The van der Waals surface area contributed by atoms with E-state index in [9.17, 15) is 4.79 Å². The summed E-state index contributed by atoms with van der Waals surface area (Å²) in [7, 11) is 2.21. The molecule has 3 aliphatic rings. The number of piperazine rings is 2. The van der Waals surface area contributed by atoms with Crippen molar-refractivity contribution in [3.63, 3.8) is 0 Å². The van der Waals surface area contributed by atoms with Crippen molar-refractivity contribution in [2.24, 2.45) is 0 Å². The predicted molar refractivity (Wildman–Crippen MR) is 144 cm³/mol. The number of amides is 1. The molecular formula is C27H33N9O. The summed E-state index contributed by atoms with van der Waals surface area (Å²) >= 11 is 0. The number of fused-ring (bicyclic) bond motifs is 2. The molecule has 3 aromatic heterocycles. The Morgan fingerprint density at radius 3 is 2.49 bits per heavy atom. The molecule has 1 N–H and O–H groups in total. The van der Waals surface area contributed by atoms with Gasteiger partial charge in [0.25, 0.3) is 0 Å². The van der Waals surface area contributed by atoms with Gasteiger partial charge in [0, 0.05) is 76.2 Å². The number of likely N-dealkylation sites (tertiary alicyclic amines) is 1. The van der Waals surface area contributed by atoms with E-state index in [1.54, 1.807) is 13.1 Å². The molecule has 0 spiro atoms. The van der Waals surface area contributed by atoms with Gasteiger partial charge in [-0.25, -0.2) is 19.9 Å². The Bertz CT molecular complexity index is 1290. The van der Waals surface area contributed by atoms with Crippen LogP contribution in [0.5, 0.6) is 0 Å². The fourth-order valence-electron chi connectivity index (χ4n) is 5.75. The zero-order valence-corrected chi connectivity index (χ0v) is 21.6. The van der Waals surface area contributed by atoms with Gasteiger partial charge in [0.2, 0.25) is 11.9 Å². The normalized spacial score (nSPS) is 21.5. The standard InChI is InChI=1S/C27H33N9O/c1-18-12-21(15-30-26(18)36-17-22-13-23(36)16-33(22)3)31-27-28-7-6-24(32-27)20-4-5-25(29-14-20)35-10-8-34(9-11-35)19(2)37/h4-7,12,14-15,22-23H,8-11,13,16-17H2,1-3H3,(H,28,31,32). The van der Waals surface area contributed by atoms with Gasteiger partial charge >= 0.3 is 0 Å². The predicted octanol–water partition coefficient (Wildman–Crippen LogP) is 2.55. The Balaban J connectivity index is 1.12. The molecule has 2 atom stereocenters. The Kier molecular flexibility index (Phi) is 6.11. The summed E-state index contributed by atoms with van der Waals surface area (Å²) in [5, 5.41) is 3.32. The molecule has 6 rings (SSSR count). The molecule has 2 unspecified atom stereocenters. The summed E-state index contributed by atoms with van der Waals surface area (Å²) in [6.45, 7) is 8.93. The topological polar surface area (TPSA) is 93.6 Å². The fraction of sp³-hybridized carbons (Fsp3) is 0.444. The second-order valence-corrected chi connectivity index (χ2v) is 10.3. The lowest BCUT2D eigenvalue weighted by atomic mass is 10.2. The van der Waals surface area contributed by atoms with Gasteiger partial charge in [0.15, 0.2) is 0 Å². The first-order valence-corrected chi connectivity index (χ1v) is 12.9. The number of nitrogens with zero attached hydrogens (tertiary/aromatic N) is 8. The first-order valence-electron chi connectivity index (χ1n) is 12.9. The quantitative estimate of drug-likeness (QED) is 0.568. The molecule has 3 aliphatic heterocycles. The summed E-state index contributed by atoms with van der Waals surface area (Å²) in [4.78, 5) is 39.2. The number of nitrogens with one attached hydrogen (secondary N) is 1. The molecule has 37 heavy (non-hydrogen) atoms. The summed E-state index contributed by atoms with van der Waals surface area (Å²) in [6, 6.07) is 9.26. The van der Waals surface area contributed by atoms with Crippen LogP contribution in [0.25, 0.3) is 11.3 Å². The van der Waals surface area contributed by atoms with Crippen molar-refractivity contribution in [1.82, 2.24) is 29.7 Å². The molecular weight excluding hydrogens is 466 g/mol. The van der Waals surface area contributed by atoms with Crippen molar-refractivity contribution < 1.29 is 4.79 Å². The number of hydrogen-bond acceptors (Lipinski definition) is 9. The zero-order chi connectivity index (χ0) is 25.5. The third-order valence-electron chi connectivity index (χ3n) is 7.84. The molecule has 10 nitrogen and oxygen atoms in total. The van der Waals surface area contributed by atoms with Crippen molar-refractivity contribution >= 4 is 29.2 Å². The molecule has 6 heterocycles. The van der Waals surface area contributed by atoms with Crippen molar-refractivity contribution in [1.29, 1.82) is 0 Å². The summed E-state index contributed by atoms with van der Waals surface area (Å²) < 4.78 is 0. The minimum Gasteiger partial charge on any atom is -0.353 e. The van der Waals surface area contributed by atoms with Gasteiger partial charge in [-0.1, -0.05) is 0 Å². The van der Waals surface area contributed by atoms with Gasteiger partial charge in [-0.15, -0.1) is 0 Å². The highest BCUT2D eigenvalue weighted by molar-refractivity contribution is 5.73. The minimum absolute atomic E-state index is 0.129. The molecule has 0 aromatic carbocycles. The van der Waals surface area contributed by atoms with E-state index in [4.69, 9.17) is 9.97 Å². The van der Waals surface area contributed by atoms with Crippen LogP contribution >= 0.6 is 0 Å². The number of carbonyl (C=O) groups excluding carboxylic acids is 1. The van der Waals surface area contributed by atoms with Crippen LogP contribution in [0.1, 0.15) is 18.9 Å². The van der Waals surface area contributed by atoms with E-state index in [1.165, 1.54) is 6.42 Å². The average Bonchev–Trinajstić information content (AvgIpc) is 3.49. The number of pyridine rings is 2. The molecule has 3 aromatic rings. The molecule has 3 fully saturated rings. The van der Waals surface area contributed by atoms with Crippen molar-refractivity contribution in [3.8, 4) is 11.3 Å². The van der Waals surface area contributed by atoms with E-state index < -0.39 is 0 Å². The van der Waals surface area contributed by atoms with E-state index in [1.807, 2.05) is 35.5 Å². The smallest absolute Gasteiger partial charge is 0.227 e. The van der Waals surface area contributed by atoms with Gasteiger partial charge in [0.05, 0.1) is 17.6 Å². The van der Waals surface area contributed by atoms with Gasteiger partial charge in [-0.2, -0.15) is 0 Å². The number of carbonyl (C=O) groups is 1. The summed E-state index contributed by atoms with van der Waals surface area (Å²) in [5.41, 5.74) is 3.75. The highest BCUT2D eigenvalue weighted by Crippen LogP contribution is 2.34. The Hall–Kier alpha value is -3.79. The van der Waals surface area contributed by atoms with E-state index in [0.717, 1.165) is 73.4 Å². The maximum Gasteiger partial charge on any atom is 0.227 e. The summed E-state index contributed by atoms with van der Waals surface area (Å²) in [5.74, 6) is 2.65. The van der Waals surface area contributed by atoms with E-state index >= 15 is 0 Å². The van der Waals surface area contributed by atoms with E-state index in [0.29, 0.717) is 18.0 Å². The third kappa shape index (κ3) is 4.69. The molecule has 10 heteroatoms. The maximum absolute atomic E-state index is 11.6. The average molecular weight is 500 g/mol. The fourth-order valence-corrected chi connectivity index (χ4v) is 5.75. The lowest BCUT2D eigenvalue weighted by Crippen LogP contribution is -2.48. The molecule has 192 valence electrons. The molecule has 2 bridgehead atoms. The van der Waals surface area contributed by atoms with Crippen LogP contribution in [0.3, 0.4) is 0 Å². The first kappa shape index (κ1) is 23.6. The monoisotopic (exact) mass is 499 g/mol. The van der Waals surface area contributed by atoms with Crippen LogP contribution in [0.4, 0.5) is 23.3 Å². The largest absolute Gasteiger partial charge is 0.353 e. The van der Waals surface area contributed by atoms with Crippen LogP contribution in [-0.2, 0) is 4.79 Å². The number of rotatable bonds is 5. The van der Waals surface area contributed by atoms with Gasteiger partial charge < -0.3 is 20.0 Å². The summed E-state index contributed by atoms with van der Waals surface area (Å²) in [6.07, 6.45) is 6.70. The van der Waals surface area contributed by atoms with Crippen LogP contribution in [0, 0.1) is 6.92 Å².